The zero-order valence-electron chi connectivity index (χ0n) is 11.6. The number of carbonyl (C=O) groups is 1. The lowest BCUT2D eigenvalue weighted by Gasteiger charge is -2.31. The fourth-order valence-electron chi connectivity index (χ4n) is 2.37. The Hall–Kier alpha value is -2.44. The minimum atomic E-state index is 0.0965. The highest BCUT2D eigenvalue weighted by Gasteiger charge is 2.24. The summed E-state index contributed by atoms with van der Waals surface area (Å²) in [5.74, 6) is 0.686. The van der Waals surface area contributed by atoms with Gasteiger partial charge in [-0.2, -0.15) is 5.10 Å². The Kier molecular flexibility index (Phi) is 4.09. The van der Waals surface area contributed by atoms with Crippen LogP contribution in [0.15, 0.2) is 37.1 Å². The summed E-state index contributed by atoms with van der Waals surface area (Å²) in [5.41, 5.74) is 0. The molecule has 3 heterocycles. The van der Waals surface area contributed by atoms with Crippen LogP contribution in [0, 0.1) is 0 Å². The molecule has 7 heteroatoms. The van der Waals surface area contributed by atoms with Gasteiger partial charge in [0.15, 0.2) is 0 Å². The van der Waals surface area contributed by atoms with Crippen LogP contribution in [0.2, 0.25) is 0 Å². The number of ether oxygens (including phenoxy) is 1. The van der Waals surface area contributed by atoms with Crippen molar-refractivity contribution in [2.24, 2.45) is 0 Å². The second-order valence-corrected chi connectivity index (χ2v) is 4.95. The number of rotatable bonds is 4. The monoisotopic (exact) mass is 287 g/mol. The lowest BCUT2D eigenvalue weighted by molar-refractivity contribution is -0.133. The van der Waals surface area contributed by atoms with E-state index in [1.165, 1.54) is 6.33 Å². The topological polar surface area (TPSA) is 73.1 Å². The summed E-state index contributed by atoms with van der Waals surface area (Å²) in [7, 11) is 0. The maximum Gasteiger partial charge on any atom is 0.244 e. The molecule has 1 aliphatic heterocycles. The van der Waals surface area contributed by atoms with E-state index in [1.807, 2.05) is 11.0 Å². The molecule has 0 spiro atoms. The molecule has 7 nitrogen and oxygen atoms in total. The van der Waals surface area contributed by atoms with E-state index in [1.54, 1.807) is 29.3 Å². The molecule has 0 unspecified atom stereocenters. The molecular formula is C14H17N5O2. The van der Waals surface area contributed by atoms with E-state index in [4.69, 9.17) is 4.74 Å². The fraction of sp³-hybridized carbons (Fsp3) is 0.429. The summed E-state index contributed by atoms with van der Waals surface area (Å²) in [4.78, 5) is 21.9. The number of amides is 1. The summed E-state index contributed by atoms with van der Waals surface area (Å²) >= 11 is 0. The van der Waals surface area contributed by atoms with Gasteiger partial charge in [-0.1, -0.05) is 0 Å². The predicted octanol–water partition coefficient (Wildman–Crippen LogP) is 0.743. The van der Waals surface area contributed by atoms with Gasteiger partial charge in [0.1, 0.15) is 19.0 Å². The summed E-state index contributed by atoms with van der Waals surface area (Å²) in [6.07, 6.45) is 8.33. The highest BCUT2D eigenvalue weighted by atomic mass is 16.5. The Bertz CT molecular complexity index is 564. The number of aromatic nitrogens is 4. The van der Waals surface area contributed by atoms with Crippen LogP contribution >= 0.6 is 0 Å². The summed E-state index contributed by atoms with van der Waals surface area (Å²) in [6, 6.07) is 3.56. The van der Waals surface area contributed by atoms with E-state index in [9.17, 15) is 4.79 Å². The van der Waals surface area contributed by atoms with Gasteiger partial charge < -0.3 is 9.64 Å². The molecule has 2 aromatic heterocycles. The average Bonchev–Trinajstić information content (AvgIpc) is 3.02. The first-order valence-corrected chi connectivity index (χ1v) is 6.99. The van der Waals surface area contributed by atoms with Crippen molar-refractivity contribution in [3.8, 4) is 5.88 Å². The van der Waals surface area contributed by atoms with Crippen LogP contribution in [0.4, 0.5) is 0 Å². The maximum absolute atomic E-state index is 12.1. The molecule has 2 aromatic rings. The normalized spacial score (nSPS) is 15.9. The standard InChI is InChI=1S/C14H17N5O2/c20-14(10-19-7-1-5-17-19)18-8-3-12(4-9-18)21-13-2-6-15-11-16-13/h1-2,5-7,11-12H,3-4,8-10H2. The smallest absolute Gasteiger partial charge is 0.244 e. The van der Waals surface area contributed by atoms with E-state index in [0.29, 0.717) is 25.5 Å². The first-order valence-electron chi connectivity index (χ1n) is 6.99. The number of piperidine rings is 1. The van der Waals surface area contributed by atoms with Gasteiger partial charge in [0.25, 0.3) is 0 Å². The van der Waals surface area contributed by atoms with Gasteiger partial charge >= 0.3 is 0 Å². The quantitative estimate of drug-likeness (QED) is 0.829. The molecule has 1 fully saturated rings. The summed E-state index contributed by atoms with van der Waals surface area (Å²) in [5, 5.41) is 4.05. The third-order valence-corrected chi connectivity index (χ3v) is 3.49. The van der Waals surface area contributed by atoms with Crippen LogP contribution in [-0.4, -0.2) is 49.7 Å². The second kappa shape index (κ2) is 6.34. The van der Waals surface area contributed by atoms with Crippen LogP contribution in [0.25, 0.3) is 0 Å². The molecule has 1 saturated heterocycles. The number of likely N-dealkylation sites (tertiary alicyclic amines) is 1. The lowest BCUT2D eigenvalue weighted by atomic mass is 10.1. The van der Waals surface area contributed by atoms with Crippen molar-refractivity contribution >= 4 is 5.91 Å². The molecule has 0 aliphatic carbocycles. The maximum atomic E-state index is 12.1. The van der Waals surface area contributed by atoms with Crippen LogP contribution in [0.5, 0.6) is 5.88 Å². The Morgan fingerprint density at radius 1 is 1.33 bits per heavy atom. The van der Waals surface area contributed by atoms with Gasteiger partial charge in [-0.05, 0) is 6.07 Å². The molecule has 0 saturated carbocycles. The number of hydrogen-bond acceptors (Lipinski definition) is 5. The molecule has 110 valence electrons. The molecule has 3 rings (SSSR count). The largest absolute Gasteiger partial charge is 0.474 e. The average molecular weight is 287 g/mol. The van der Waals surface area contributed by atoms with E-state index in [0.717, 1.165) is 12.8 Å². The molecule has 1 amide bonds. The first kappa shape index (κ1) is 13.5. The van der Waals surface area contributed by atoms with Crippen molar-refractivity contribution in [3.63, 3.8) is 0 Å². The SMILES string of the molecule is O=C(Cn1cccn1)N1CCC(Oc2ccncn2)CC1. The van der Waals surface area contributed by atoms with Crippen LogP contribution < -0.4 is 4.74 Å². The number of hydrogen-bond donors (Lipinski definition) is 0. The van der Waals surface area contributed by atoms with Gasteiger partial charge in [0.05, 0.1) is 0 Å². The van der Waals surface area contributed by atoms with Gasteiger partial charge in [0.2, 0.25) is 11.8 Å². The van der Waals surface area contributed by atoms with Gasteiger partial charge in [-0.3, -0.25) is 9.48 Å². The fourth-order valence-corrected chi connectivity index (χ4v) is 2.37. The van der Waals surface area contributed by atoms with E-state index in [2.05, 4.69) is 15.1 Å². The van der Waals surface area contributed by atoms with E-state index < -0.39 is 0 Å². The molecule has 0 atom stereocenters. The second-order valence-electron chi connectivity index (χ2n) is 4.95. The minimum absolute atomic E-state index is 0.0965. The van der Waals surface area contributed by atoms with Crippen LogP contribution in [-0.2, 0) is 11.3 Å². The van der Waals surface area contributed by atoms with Crippen LogP contribution in [0.1, 0.15) is 12.8 Å². The summed E-state index contributed by atoms with van der Waals surface area (Å²) in [6.45, 7) is 1.70. The molecular weight excluding hydrogens is 270 g/mol. The Balaban J connectivity index is 1.47. The van der Waals surface area contributed by atoms with Crippen molar-refractivity contribution in [1.29, 1.82) is 0 Å². The predicted molar refractivity (Wildman–Crippen MR) is 74.5 cm³/mol. The molecule has 1 aliphatic rings. The molecule has 0 N–H and O–H groups in total. The Morgan fingerprint density at radius 2 is 2.19 bits per heavy atom. The Labute approximate surface area is 122 Å². The highest BCUT2D eigenvalue weighted by molar-refractivity contribution is 5.76. The van der Waals surface area contributed by atoms with Crippen molar-refractivity contribution in [1.82, 2.24) is 24.6 Å². The third-order valence-electron chi connectivity index (χ3n) is 3.49. The van der Waals surface area contributed by atoms with Crippen molar-refractivity contribution in [2.45, 2.75) is 25.5 Å². The van der Waals surface area contributed by atoms with Crippen molar-refractivity contribution in [2.75, 3.05) is 13.1 Å². The van der Waals surface area contributed by atoms with Crippen LogP contribution in [0.3, 0.4) is 0 Å². The van der Waals surface area contributed by atoms with Gasteiger partial charge in [0, 0.05) is 50.6 Å². The van der Waals surface area contributed by atoms with Crippen molar-refractivity contribution in [3.05, 3.63) is 37.1 Å². The number of nitrogens with zero attached hydrogens (tertiary/aromatic N) is 5. The zero-order chi connectivity index (χ0) is 14.5. The first-order chi connectivity index (χ1) is 10.3. The van der Waals surface area contributed by atoms with E-state index >= 15 is 0 Å². The number of carbonyl (C=O) groups excluding carboxylic acids is 1. The molecule has 21 heavy (non-hydrogen) atoms. The third kappa shape index (κ3) is 3.56. The minimum Gasteiger partial charge on any atom is -0.474 e. The van der Waals surface area contributed by atoms with Gasteiger partial charge in [-0.25, -0.2) is 9.97 Å². The van der Waals surface area contributed by atoms with Gasteiger partial charge in [-0.15, -0.1) is 0 Å². The molecule has 0 radical (unpaired) electrons. The highest BCUT2D eigenvalue weighted by Crippen LogP contribution is 2.16. The summed E-state index contributed by atoms with van der Waals surface area (Å²) < 4.78 is 7.43. The molecule has 0 bridgehead atoms. The Morgan fingerprint density at radius 3 is 2.86 bits per heavy atom. The van der Waals surface area contributed by atoms with Crippen molar-refractivity contribution < 1.29 is 9.53 Å². The molecule has 0 aromatic carbocycles. The lowest BCUT2D eigenvalue weighted by Crippen LogP contribution is -2.43. The van der Waals surface area contributed by atoms with E-state index in [-0.39, 0.29) is 12.0 Å². The zero-order valence-corrected chi connectivity index (χ0v) is 11.6.